The largest absolute Gasteiger partial charge is 0.378 e. The second kappa shape index (κ2) is 5.77. The fraction of sp³-hybridized carbons (Fsp3) is 0.941. The quantitative estimate of drug-likeness (QED) is 0.851. The van der Waals surface area contributed by atoms with Crippen LogP contribution in [0.5, 0.6) is 0 Å². The van der Waals surface area contributed by atoms with E-state index in [0.29, 0.717) is 19.1 Å². The van der Waals surface area contributed by atoms with E-state index < -0.39 is 5.54 Å². The summed E-state index contributed by atoms with van der Waals surface area (Å²) in [5.74, 6) is 0.138. The van der Waals surface area contributed by atoms with E-state index in [1.54, 1.807) is 0 Å². The number of nitrogens with two attached hydrogens (primary N) is 1. The third kappa shape index (κ3) is 2.38. The predicted octanol–water partition coefficient (Wildman–Crippen LogP) is 1.22. The van der Waals surface area contributed by atoms with Crippen molar-refractivity contribution in [3.8, 4) is 0 Å². The minimum Gasteiger partial charge on any atom is -0.378 e. The average Bonchev–Trinajstić information content (AvgIpc) is 2.53. The summed E-state index contributed by atoms with van der Waals surface area (Å²) in [5.41, 5.74) is 5.51. The smallest absolute Gasteiger partial charge is 0.243 e. The topological polar surface area (TPSA) is 58.8 Å². The molecule has 0 aromatic heterocycles. The molecule has 22 heavy (non-hydrogen) atoms. The number of carbonyl (C=O) groups excluding carboxylic acids is 1. The molecule has 1 aliphatic carbocycles. The maximum absolute atomic E-state index is 13.1. The predicted molar refractivity (Wildman–Crippen MR) is 86.5 cm³/mol. The molecule has 2 heterocycles. The van der Waals surface area contributed by atoms with E-state index in [2.05, 4.69) is 18.7 Å². The number of carbonyl (C=O) groups is 1. The molecule has 0 bridgehead atoms. The second-order valence-electron chi connectivity index (χ2n) is 7.78. The number of nitrogens with zero attached hydrogens (tertiary/aromatic N) is 2. The van der Waals surface area contributed by atoms with E-state index in [1.807, 2.05) is 11.8 Å². The molecule has 2 saturated heterocycles. The number of hydrogen-bond donors (Lipinski definition) is 1. The van der Waals surface area contributed by atoms with Crippen molar-refractivity contribution in [1.82, 2.24) is 9.80 Å². The fourth-order valence-electron chi connectivity index (χ4n) is 4.42. The Morgan fingerprint density at radius 3 is 2.73 bits per heavy atom. The van der Waals surface area contributed by atoms with Crippen LogP contribution in [0.1, 0.15) is 46.5 Å². The van der Waals surface area contributed by atoms with Gasteiger partial charge in [0.25, 0.3) is 0 Å². The third-order valence-electron chi connectivity index (χ3n) is 6.34. The zero-order valence-corrected chi connectivity index (χ0v) is 14.3. The summed E-state index contributed by atoms with van der Waals surface area (Å²) in [6.07, 6.45) is 4.55. The van der Waals surface area contributed by atoms with Crippen LogP contribution in [-0.4, -0.2) is 66.2 Å². The van der Waals surface area contributed by atoms with Crippen LogP contribution in [0.2, 0.25) is 0 Å². The van der Waals surface area contributed by atoms with Crippen molar-refractivity contribution < 1.29 is 9.53 Å². The van der Waals surface area contributed by atoms with E-state index in [1.165, 1.54) is 25.8 Å². The van der Waals surface area contributed by atoms with E-state index >= 15 is 0 Å². The SMILES string of the molecule is CCOC1CC(N)(C(=O)N2CCN3CCCCC3C2)C1(C)C. The molecule has 0 aromatic rings. The van der Waals surface area contributed by atoms with E-state index in [-0.39, 0.29) is 17.4 Å². The Bertz CT molecular complexity index is 440. The van der Waals surface area contributed by atoms with Crippen LogP contribution in [0.25, 0.3) is 0 Å². The van der Waals surface area contributed by atoms with Crippen LogP contribution in [0, 0.1) is 5.41 Å². The molecular formula is C17H31N3O2. The number of ether oxygens (including phenoxy) is 1. The molecule has 0 spiro atoms. The normalized spacial score (nSPS) is 38.3. The van der Waals surface area contributed by atoms with Gasteiger partial charge >= 0.3 is 0 Å². The summed E-state index contributed by atoms with van der Waals surface area (Å²) >= 11 is 0. The summed E-state index contributed by atoms with van der Waals surface area (Å²) in [4.78, 5) is 17.6. The molecule has 3 fully saturated rings. The van der Waals surface area contributed by atoms with E-state index in [9.17, 15) is 4.79 Å². The van der Waals surface area contributed by atoms with Crippen molar-refractivity contribution >= 4 is 5.91 Å². The standard InChI is InChI=1S/C17H31N3O2/c1-4-22-14-11-17(18,16(14,2)3)15(21)20-10-9-19-8-6-5-7-13(19)12-20/h13-14H,4-12,18H2,1-3H3. The first kappa shape index (κ1) is 16.2. The molecule has 2 N–H and O–H groups in total. The Kier molecular flexibility index (Phi) is 4.25. The first-order chi connectivity index (χ1) is 10.4. The van der Waals surface area contributed by atoms with Crippen molar-refractivity contribution in [3.63, 3.8) is 0 Å². The van der Waals surface area contributed by atoms with Crippen LogP contribution < -0.4 is 5.73 Å². The molecule has 3 aliphatic rings. The van der Waals surface area contributed by atoms with E-state index in [4.69, 9.17) is 10.5 Å². The number of piperidine rings is 1. The van der Waals surface area contributed by atoms with Gasteiger partial charge in [-0.15, -0.1) is 0 Å². The highest BCUT2D eigenvalue weighted by Crippen LogP contribution is 2.50. The van der Waals surface area contributed by atoms with Gasteiger partial charge in [-0.2, -0.15) is 0 Å². The monoisotopic (exact) mass is 309 g/mol. The van der Waals surface area contributed by atoms with Gasteiger partial charge in [0.1, 0.15) is 5.54 Å². The molecule has 126 valence electrons. The van der Waals surface area contributed by atoms with Crippen molar-refractivity contribution in [2.75, 3.05) is 32.8 Å². The number of hydrogen-bond acceptors (Lipinski definition) is 4. The molecular weight excluding hydrogens is 278 g/mol. The highest BCUT2D eigenvalue weighted by Gasteiger charge is 2.64. The summed E-state index contributed by atoms with van der Waals surface area (Å²) in [6, 6.07) is 0.543. The Balaban J connectivity index is 1.67. The van der Waals surface area contributed by atoms with Gasteiger partial charge in [-0.3, -0.25) is 9.69 Å². The van der Waals surface area contributed by atoms with Gasteiger partial charge in [0.2, 0.25) is 5.91 Å². The molecule has 5 heteroatoms. The number of amides is 1. The van der Waals surface area contributed by atoms with Crippen molar-refractivity contribution in [3.05, 3.63) is 0 Å². The highest BCUT2D eigenvalue weighted by molar-refractivity contribution is 5.89. The minimum absolute atomic E-state index is 0.0995. The molecule has 1 saturated carbocycles. The van der Waals surface area contributed by atoms with Gasteiger partial charge < -0.3 is 15.4 Å². The number of rotatable bonds is 3. The number of piperazine rings is 1. The van der Waals surface area contributed by atoms with Gasteiger partial charge in [-0.25, -0.2) is 0 Å². The molecule has 0 aromatic carbocycles. The second-order valence-corrected chi connectivity index (χ2v) is 7.78. The summed E-state index contributed by atoms with van der Waals surface area (Å²) in [7, 11) is 0. The Hall–Kier alpha value is -0.650. The minimum atomic E-state index is -0.760. The van der Waals surface area contributed by atoms with Gasteiger partial charge in [0.15, 0.2) is 0 Å². The lowest BCUT2D eigenvalue weighted by Crippen LogP contribution is -2.77. The fourth-order valence-corrected chi connectivity index (χ4v) is 4.42. The Morgan fingerprint density at radius 2 is 2.05 bits per heavy atom. The van der Waals surface area contributed by atoms with Crippen LogP contribution in [-0.2, 0) is 9.53 Å². The van der Waals surface area contributed by atoms with Gasteiger partial charge in [0, 0.05) is 44.1 Å². The van der Waals surface area contributed by atoms with Crippen LogP contribution in [0.15, 0.2) is 0 Å². The third-order valence-corrected chi connectivity index (χ3v) is 6.34. The molecule has 3 atom stereocenters. The summed E-state index contributed by atoms with van der Waals surface area (Å²) in [5, 5.41) is 0. The molecule has 2 aliphatic heterocycles. The Labute approximate surface area is 134 Å². The first-order valence-electron chi connectivity index (χ1n) is 8.84. The lowest BCUT2D eigenvalue weighted by atomic mass is 9.54. The van der Waals surface area contributed by atoms with Crippen molar-refractivity contribution in [2.45, 2.75) is 64.1 Å². The zero-order valence-electron chi connectivity index (χ0n) is 14.3. The van der Waals surface area contributed by atoms with Gasteiger partial charge in [-0.05, 0) is 26.3 Å². The highest BCUT2D eigenvalue weighted by atomic mass is 16.5. The summed E-state index contributed by atoms with van der Waals surface area (Å²) < 4.78 is 5.75. The maximum atomic E-state index is 13.1. The average molecular weight is 309 g/mol. The molecule has 1 amide bonds. The molecule has 0 radical (unpaired) electrons. The molecule has 3 unspecified atom stereocenters. The Morgan fingerprint density at radius 1 is 1.27 bits per heavy atom. The number of fused-ring (bicyclic) bond motifs is 1. The van der Waals surface area contributed by atoms with Crippen molar-refractivity contribution in [2.24, 2.45) is 11.1 Å². The maximum Gasteiger partial charge on any atom is 0.243 e. The lowest BCUT2D eigenvalue weighted by Gasteiger charge is -2.59. The summed E-state index contributed by atoms with van der Waals surface area (Å²) in [6.45, 7) is 10.7. The van der Waals surface area contributed by atoms with Crippen LogP contribution in [0.3, 0.4) is 0 Å². The van der Waals surface area contributed by atoms with Gasteiger partial charge in [-0.1, -0.05) is 20.3 Å². The molecule has 3 rings (SSSR count). The van der Waals surface area contributed by atoms with Crippen LogP contribution in [0.4, 0.5) is 0 Å². The lowest BCUT2D eigenvalue weighted by molar-refractivity contribution is -0.181. The first-order valence-corrected chi connectivity index (χ1v) is 8.84. The van der Waals surface area contributed by atoms with E-state index in [0.717, 1.165) is 19.6 Å². The zero-order chi connectivity index (χ0) is 16.0. The molecule has 5 nitrogen and oxygen atoms in total. The van der Waals surface area contributed by atoms with Crippen molar-refractivity contribution in [1.29, 1.82) is 0 Å². The van der Waals surface area contributed by atoms with Gasteiger partial charge in [0.05, 0.1) is 6.10 Å². The van der Waals surface area contributed by atoms with Crippen LogP contribution >= 0.6 is 0 Å².